The lowest BCUT2D eigenvalue weighted by atomic mass is 10.1. The molecule has 0 amide bonds. The van der Waals surface area contributed by atoms with E-state index in [0.717, 1.165) is 28.2 Å². The number of hydrogen-bond acceptors (Lipinski definition) is 5. The first-order valence-electron chi connectivity index (χ1n) is 7.73. The molecule has 0 atom stereocenters. The Balaban J connectivity index is 2.23. The Labute approximate surface area is 153 Å². The molecule has 24 heavy (non-hydrogen) atoms. The molecular formula is C19H22O3S2. The minimum absolute atomic E-state index is 0.0954. The van der Waals surface area contributed by atoms with Crippen LogP contribution in [-0.4, -0.2) is 18.6 Å². The van der Waals surface area contributed by atoms with Gasteiger partial charge in [-0.1, -0.05) is 25.1 Å². The molecule has 0 aliphatic rings. The summed E-state index contributed by atoms with van der Waals surface area (Å²) < 4.78 is 16.6. The third kappa shape index (κ3) is 4.65. The van der Waals surface area contributed by atoms with Gasteiger partial charge in [-0.15, -0.1) is 11.8 Å². The number of methoxy groups -OCH3 is 1. The Kier molecular flexibility index (Phi) is 6.94. The van der Waals surface area contributed by atoms with Crippen molar-refractivity contribution in [1.29, 1.82) is 0 Å². The summed E-state index contributed by atoms with van der Waals surface area (Å²) in [5, 5.41) is 0.0954. The second-order valence-corrected chi connectivity index (χ2v) is 6.42. The Morgan fingerprint density at radius 1 is 1.17 bits per heavy atom. The van der Waals surface area contributed by atoms with E-state index in [1.165, 1.54) is 12.7 Å². The zero-order valence-corrected chi connectivity index (χ0v) is 16.1. The highest BCUT2D eigenvalue weighted by molar-refractivity contribution is 7.98. The summed E-state index contributed by atoms with van der Waals surface area (Å²) in [5.41, 5.74) is 3.40. The molecule has 2 rings (SSSR count). The van der Waals surface area contributed by atoms with Gasteiger partial charge in [0.05, 0.1) is 7.11 Å². The van der Waals surface area contributed by atoms with E-state index in [2.05, 4.69) is 26.0 Å². The monoisotopic (exact) mass is 362 g/mol. The highest BCUT2D eigenvalue weighted by Crippen LogP contribution is 2.31. The van der Waals surface area contributed by atoms with E-state index in [0.29, 0.717) is 12.4 Å². The van der Waals surface area contributed by atoms with Crippen LogP contribution in [-0.2, 0) is 17.8 Å². The van der Waals surface area contributed by atoms with Gasteiger partial charge in [-0.2, -0.15) is 0 Å². The maximum absolute atomic E-state index is 6.04. The summed E-state index contributed by atoms with van der Waals surface area (Å²) >= 11 is 6.66. The van der Waals surface area contributed by atoms with E-state index >= 15 is 0 Å². The van der Waals surface area contributed by atoms with Crippen LogP contribution in [0.5, 0.6) is 11.5 Å². The number of ether oxygens (including phenoxy) is 3. The summed E-state index contributed by atoms with van der Waals surface area (Å²) in [6.45, 7) is 4.61. The highest BCUT2D eigenvalue weighted by atomic mass is 32.2. The number of benzene rings is 2. The quantitative estimate of drug-likeness (QED) is 0.522. The van der Waals surface area contributed by atoms with Crippen LogP contribution in [0.4, 0.5) is 0 Å². The zero-order valence-electron chi connectivity index (χ0n) is 14.4. The molecule has 5 heteroatoms. The molecule has 2 aromatic rings. The second-order valence-electron chi connectivity index (χ2n) is 5.24. The van der Waals surface area contributed by atoms with Crippen molar-refractivity contribution < 1.29 is 14.2 Å². The number of rotatable bonds is 6. The maximum atomic E-state index is 6.04. The third-order valence-electron chi connectivity index (χ3n) is 3.69. The van der Waals surface area contributed by atoms with Gasteiger partial charge in [0.2, 0.25) is 0 Å². The minimum atomic E-state index is 0.0954. The van der Waals surface area contributed by atoms with Crippen molar-refractivity contribution in [1.82, 2.24) is 0 Å². The molecule has 0 saturated carbocycles. The highest BCUT2D eigenvalue weighted by Gasteiger charge is 2.13. The molecule has 0 aromatic heterocycles. The normalized spacial score (nSPS) is 10.3. The molecule has 0 aliphatic heterocycles. The first-order valence-corrected chi connectivity index (χ1v) is 9.36. The molecule has 3 nitrogen and oxygen atoms in total. The molecule has 0 bridgehead atoms. The Morgan fingerprint density at radius 2 is 1.96 bits per heavy atom. The number of hydrogen-bond donors (Lipinski definition) is 0. The van der Waals surface area contributed by atoms with Gasteiger partial charge in [0, 0.05) is 22.7 Å². The van der Waals surface area contributed by atoms with Crippen LogP contribution in [0.25, 0.3) is 0 Å². The van der Waals surface area contributed by atoms with Gasteiger partial charge in [-0.25, -0.2) is 0 Å². The first kappa shape index (κ1) is 18.6. The van der Waals surface area contributed by atoms with Gasteiger partial charge in [0.1, 0.15) is 18.1 Å². The average molecular weight is 363 g/mol. The predicted molar refractivity (Wildman–Crippen MR) is 103 cm³/mol. The van der Waals surface area contributed by atoms with Crippen LogP contribution in [0.15, 0.2) is 41.3 Å². The van der Waals surface area contributed by atoms with E-state index < -0.39 is 0 Å². The number of aryl methyl sites for hydroxylation is 2. The van der Waals surface area contributed by atoms with Crippen LogP contribution in [0.3, 0.4) is 0 Å². The van der Waals surface area contributed by atoms with E-state index in [4.69, 9.17) is 26.4 Å². The molecule has 2 aromatic carbocycles. The molecule has 0 unspecified atom stereocenters. The Bertz CT molecular complexity index is 714. The standard InChI is InChI=1S/C19H22O3S2/c1-5-14-9-10-16(13(2)11-14)21-12-15-17(22-19(23)20-3)7-6-8-18(15)24-4/h6-11H,5,12H2,1-4H3. The molecule has 0 aliphatic carbocycles. The fraction of sp³-hybridized carbons (Fsp3) is 0.316. The largest absolute Gasteiger partial charge is 0.488 e. The summed E-state index contributed by atoms with van der Waals surface area (Å²) in [6, 6.07) is 12.1. The van der Waals surface area contributed by atoms with Gasteiger partial charge in [-0.3, -0.25) is 0 Å². The smallest absolute Gasteiger partial charge is 0.357 e. The summed E-state index contributed by atoms with van der Waals surface area (Å²) in [6.07, 6.45) is 3.04. The van der Waals surface area contributed by atoms with Crippen LogP contribution < -0.4 is 9.47 Å². The van der Waals surface area contributed by atoms with Crippen LogP contribution >= 0.6 is 24.0 Å². The zero-order chi connectivity index (χ0) is 17.5. The van der Waals surface area contributed by atoms with Crippen molar-refractivity contribution in [3.63, 3.8) is 0 Å². The van der Waals surface area contributed by atoms with E-state index in [-0.39, 0.29) is 5.24 Å². The molecule has 0 saturated heterocycles. The molecule has 0 heterocycles. The summed E-state index contributed by atoms with van der Waals surface area (Å²) in [5.74, 6) is 1.54. The predicted octanol–water partition coefficient (Wildman–Crippen LogP) is 5.17. The lowest BCUT2D eigenvalue weighted by Crippen LogP contribution is -2.10. The maximum Gasteiger partial charge on any atom is 0.357 e. The van der Waals surface area contributed by atoms with E-state index in [9.17, 15) is 0 Å². The third-order valence-corrected chi connectivity index (χ3v) is 4.76. The van der Waals surface area contributed by atoms with Crippen LogP contribution in [0, 0.1) is 6.92 Å². The molecule has 0 fully saturated rings. The van der Waals surface area contributed by atoms with Gasteiger partial charge in [0.25, 0.3) is 0 Å². The van der Waals surface area contributed by atoms with Crippen molar-refractivity contribution >= 4 is 29.2 Å². The molecule has 128 valence electrons. The molecule has 0 spiro atoms. The lowest BCUT2D eigenvalue weighted by molar-refractivity contribution is 0.285. The SMILES string of the molecule is CCc1ccc(OCc2c(OC(=S)OC)cccc2SC)c(C)c1. The van der Waals surface area contributed by atoms with Gasteiger partial charge >= 0.3 is 5.24 Å². The van der Waals surface area contributed by atoms with Crippen molar-refractivity contribution in [2.24, 2.45) is 0 Å². The summed E-state index contributed by atoms with van der Waals surface area (Å²) in [7, 11) is 1.50. The number of thioether (sulfide) groups is 1. The molecule has 0 N–H and O–H groups in total. The van der Waals surface area contributed by atoms with Crippen molar-refractivity contribution in [2.45, 2.75) is 31.8 Å². The lowest BCUT2D eigenvalue weighted by Gasteiger charge is -2.16. The van der Waals surface area contributed by atoms with Gasteiger partial charge in [0.15, 0.2) is 0 Å². The minimum Gasteiger partial charge on any atom is -0.488 e. The molecular weight excluding hydrogens is 340 g/mol. The van der Waals surface area contributed by atoms with Crippen molar-refractivity contribution in [2.75, 3.05) is 13.4 Å². The van der Waals surface area contributed by atoms with Crippen LogP contribution in [0.1, 0.15) is 23.6 Å². The summed E-state index contributed by atoms with van der Waals surface area (Å²) in [4.78, 5) is 1.09. The topological polar surface area (TPSA) is 27.7 Å². The molecule has 0 radical (unpaired) electrons. The van der Waals surface area contributed by atoms with Gasteiger partial charge < -0.3 is 14.2 Å². The second kappa shape index (κ2) is 8.94. The fourth-order valence-electron chi connectivity index (χ4n) is 2.35. The van der Waals surface area contributed by atoms with Crippen LogP contribution in [0.2, 0.25) is 0 Å². The van der Waals surface area contributed by atoms with E-state index in [1.54, 1.807) is 11.8 Å². The van der Waals surface area contributed by atoms with E-state index in [1.807, 2.05) is 30.5 Å². The average Bonchev–Trinajstić information content (AvgIpc) is 2.60. The van der Waals surface area contributed by atoms with Crippen molar-refractivity contribution in [3.05, 3.63) is 53.1 Å². The first-order chi connectivity index (χ1) is 11.6. The Morgan fingerprint density at radius 3 is 2.58 bits per heavy atom. The fourth-order valence-corrected chi connectivity index (χ4v) is 3.06. The Hall–Kier alpha value is -1.72. The van der Waals surface area contributed by atoms with Crippen molar-refractivity contribution in [3.8, 4) is 11.5 Å². The van der Waals surface area contributed by atoms with Gasteiger partial charge in [-0.05, 0) is 48.9 Å². The number of thiocarbonyl (C=S) groups is 1.